The molecule has 2 aromatic carbocycles. The number of benzene rings is 2. The van der Waals surface area contributed by atoms with E-state index in [2.05, 4.69) is 79.7 Å². The molecule has 0 saturated carbocycles. The molecule has 0 saturated heterocycles. The largest absolute Gasteiger partial charge is 0.339 e. The van der Waals surface area contributed by atoms with Gasteiger partial charge < -0.3 is 4.90 Å². The fraction of sp³-hybridized carbons (Fsp3) is 0.176. The Morgan fingerprint density at radius 1 is 0.895 bits per heavy atom. The summed E-state index contributed by atoms with van der Waals surface area (Å²) < 4.78 is 0. The average molecular weight is 269 g/mol. The van der Waals surface area contributed by atoms with Crippen LogP contribution in [0.3, 0.4) is 0 Å². The number of anilines is 1. The summed E-state index contributed by atoms with van der Waals surface area (Å²) in [6, 6.07) is 21.0. The predicted octanol–water partition coefficient (Wildman–Crippen LogP) is 4.87. The molecule has 2 aromatic rings. The van der Waals surface area contributed by atoms with Crippen LogP contribution in [0, 0.1) is 0 Å². The molecule has 0 amide bonds. The van der Waals surface area contributed by atoms with Crippen LogP contribution in [-0.4, -0.2) is 13.3 Å². The molecule has 0 fully saturated rings. The zero-order valence-electron chi connectivity index (χ0n) is 11.6. The van der Waals surface area contributed by atoms with Crippen molar-refractivity contribution in [3.63, 3.8) is 0 Å². The highest BCUT2D eigenvalue weighted by atomic mass is 32.2. The van der Waals surface area contributed by atoms with Gasteiger partial charge in [-0.05, 0) is 36.4 Å². The van der Waals surface area contributed by atoms with Gasteiger partial charge in [0.2, 0.25) is 0 Å². The summed E-state index contributed by atoms with van der Waals surface area (Å²) in [5.41, 5.74) is 3.79. The van der Waals surface area contributed by atoms with Crippen LogP contribution in [0.25, 0.3) is 5.57 Å². The zero-order valence-corrected chi connectivity index (χ0v) is 12.4. The van der Waals surface area contributed by atoms with Gasteiger partial charge in [0, 0.05) is 12.7 Å². The second kappa shape index (κ2) is 6.48. The second-order valence-electron chi connectivity index (χ2n) is 4.39. The number of hydrogen-bond acceptors (Lipinski definition) is 2. The lowest BCUT2D eigenvalue weighted by atomic mass is 10.1. The minimum Gasteiger partial charge on any atom is -0.339 e. The van der Waals surface area contributed by atoms with Gasteiger partial charge in [0.15, 0.2) is 0 Å². The van der Waals surface area contributed by atoms with E-state index >= 15 is 0 Å². The van der Waals surface area contributed by atoms with Crippen molar-refractivity contribution in [2.45, 2.75) is 6.92 Å². The monoisotopic (exact) mass is 269 g/mol. The number of rotatable bonds is 4. The molecule has 0 N–H and O–H groups in total. The van der Waals surface area contributed by atoms with Crippen molar-refractivity contribution in [1.82, 2.24) is 0 Å². The van der Waals surface area contributed by atoms with Crippen LogP contribution in [0.15, 0.2) is 65.7 Å². The highest BCUT2D eigenvalue weighted by Gasteiger charge is 2.10. The first-order chi connectivity index (χ1) is 9.24. The fourth-order valence-corrected chi connectivity index (χ4v) is 2.93. The Kier molecular flexibility index (Phi) is 4.69. The van der Waals surface area contributed by atoms with Crippen molar-refractivity contribution in [3.05, 3.63) is 71.3 Å². The van der Waals surface area contributed by atoms with Gasteiger partial charge in [0.1, 0.15) is 0 Å². The Morgan fingerprint density at radius 3 is 1.95 bits per heavy atom. The second-order valence-corrected chi connectivity index (χ2v) is 5.19. The molecule has 0 aromatic heterocycles. The third-order valence-electron chi connectivity index (χ3n) is 3.17. The first-order valence-electron chi connectivity index (χ1n) is 6.33. The van der Waals surface area contributed by atoms with Crippen LogP contribution in [0.1, 0.15) is 12.5 Å². The van der Waals surface area contributed by atoms with Gasteiger partial charge in [0.05, 0.1) is 5.03 Å². The van der Waals surface area contributed by atoms with E-state index in [1.807, 2.05) is 6.07 Å². The van der Waals surface area contributed by atoms with Crippen LogP contribution in [0.4, 0.5) is 5.69 Å². The van der Waals surface area contributed by atoms with E-state index in [1.54, 1.807) is 11.8 Å². The molecule has 0 unspecified atom stereocenters. The number of hydrogen-bond donors (Lipinski definition) is 0. The number of nitrogens with zero attached hydrogens (tertiary/aromatic N) is 1. The quantitative estimate of drug-likeness (QED) is 0.778. The Balaban J connectivity index is 2.39. The molecule has 19 heavy (non-hydrogen) atoms. The van der Waals surface area contributed by atoms with Gasteiger partial charge in [-0.3, -0.25) is 0 Å². The van der Waals surface area contributed by atoms with Crippen LogP contribution in [0.2, 0.25) is 0 Å². The summed E-state index contributed by atoms with van der Waals surface area (Å²) in [6.45, 7) is 2.18. The molecule has 0 radical (unpaired) electrons. The molecule has 0 aliphatic rings. The van der Waals surface area contributed by atoms with E-state index < -0.39 is 0 Å². The lowest BCUT2D eigenvalue weighted by Gasteiger charge is -2.24. The maximum absolute atomic E-state index is 2.24. The van der Waals surface area contributed by atoms with Crippen LogP contribution in [0.5, 0.6) is 0 Å². The van der Waals surface area contributed by atoms with Crippen LogP contribution < -0.4 is 4.90 Å². The van der Waals surface area contributed by atoms with Crippen molar-refractivity contribution in [2.24, 2.45) is 0 Å². The summed E-state index contributed by atoms with van der Waals surface area (Å²) >= 11 is 1.78. The third kappa shape index (κ3) is 3.21. The summed E-state index contributed by atoms with van der Waals surface area (Å²) in [4.78, 5) is 2.24. The number of allylic oxidation sites excluding steroid dienone is 1. The van der Waals surface area contributed by atoms with Gasteiger partial charge in [-0.25, -0.2) is 0 Å². The summed E-state index contributed by atoms with van der Waals surface area (Å²) in [5, 5.41) is 1.28. The minimum absolute atomic E-state index is 1.21. The molecule has 2 heteroatoms. The lowest BCUT2D eigenvalue weighted by molar-refractivity contribution is 1.18. The highest BCUT2D eigenvalue weighted by Crippen LogP contribution is 2.30. The van der Waals surface area contributed by atoms with Crippen molar-refractivity contribution >= 4 is 23.0 Å². The van der Waals surface area contributed by atoms with Gasteiger partial charge in [-0.15, -0.1) is 11.8 Å². The summed E-state index contributed by atoms with van der Waals surface area (Å²) in [6.07, 6.45) is 2.13. The zero-order chi connectivity index (χ0) is 13.7. The van der Waals surface area contributed by atoms with Crippen molar-refractivity contribution in [3.8, 4) is 0 Å². The topological polar surface area (TPSA) is 3.24 Å². The molecular weight excluding hydrogens is 250 g/mol. The molecule has 0 aliphatic carbocycles. The minimum atomic E-state index is 1.21. The SMILES string of the molecule is CS/C(=C(\C)c1ccccc1)N(C)c1ccccc1. The fourth-order valence-electron chi connectivity index (χ4n) is 2.12. The smallest absolute Gasteiger partial charge is 0.0782 e. The van der Waals surface area contributed by atoms with E-state index in [1.165, 1.54) is 21.9 Å². The van der Waals surface area contributed by atoms with Crippen molar-refractivity contribution < 1.29 is 0 Å². The maximum Gasteiger partial charge on any atom is 0.0782 e. The van der Waals surface area contributed by atoms with Gasteiger partial charge in [0.25, 0.3) is 0 Å². The van der Waals surface area contributed by atoms with Crippen LogP contribution in [-0.2, 0) is 0 Å². The Morgan fingerprint density at radius 2 is 1.42 bits per heavy atom. The molecule has 0 aliphatic heterocycles. The Bertz CT molecular complexity index is 546. The number of para-hydroxylation sites is 1. The number of thioether (sulfide) groups is 1. The van der Waals surface area contributed by atoms with E-state index in [-0.39, 0.29) is 0 Å². The van der Waals surface area contributed by atoms with Crippen molar-refractivity contribution in [1.29, 1.82) is 0 Å². The van der Waals surface area contributed by atoms with Gasteiger partial charge >= 0.3 is 0 Å². The molecule has 1 nitrogen and oxygen atoms in total. The lowest BCUT2D eigenvalue weighted by Crippen LogP contribution is -2.15. The maximum atomic E-state index is 2.24. The van der Waals surface area contributed by atoms with Gasteiger partial charge in [-0.1, -0.05) is 48.5 Å². The van der Waals surface area contributed by atoms with E-state index in [0.717, 1.165) is 0 Å². The predicted molar refractivity (Wildman–Crippen MR) is 87.4 cm³/mol. The molecule has 0 bridgehead atoms. The molecule has 0 spiro atoms. The first kappa shape index (κ1) is 13.8. The normalized spacial score (nSPS) is 11.9. The van der Waals surface area contributed by atoms with Gasteiger partial charge in [-0.2, -0.15) is 0 Å². The van der Waals surface area contributed by atoms with Crippen LogP contribution >= 0.6 is 11.8 Å². The molecule has 0 atom stereocenters. The summed E-state index contributed by atoms with van der Waals surface area (Å²) in [5.74, 6) is 0. The first-order valence-corrected chi connectivity index (χ1v) is 7.55. The Hall–Kier alpha value is -1.67. The highest BCUT2D eigenvalue weighted by molar-refractivity contribution is 8.02. The van der Waals surface area contributed by atoms with E-state index in [4.69, 9.17) is 0 Å². The standard InChI is InChI=1S/C17H19NS/c1-14(15-10-6-4-7-11-15)17(19-3)18(2)16-12-8-5-9-13-16/h4-13H,1-3H3/b17-14+. The molecule has 0 heterocycles. The van der Waals surface area contributed by atoms with E-state index in [0.29, 0.717) is 0 Å². The molecule has 2 rings (SSSR count). The molecule has 98 valence electrons. The summed E-state index contributed by atoms with van der Waals surface area (Å²) in [7, 11) is 2.12. The molecular formula is C17H19NS. The average Bonchev–Trinajstić information content (AvgIpc) is 2.49. The third-order valence-corrected chi connectivity index (χ3v) is 4.14. The Labute approximate surface area is 120 Å². The van der Waals surface area contributed by atoms with Crippen molar-refractivity contribution in [2.75, 3.05) is 18.2 Å². The van der Waals surface area contributed by atoms with E-state index in [9.17, 15) is 0 Å².